The predicted molar refractivity (Wildman–Crippen MR) is 126 cm³/mol. The Bertz CT molecular complexity index is 1500. The van der Waals surface area contributed by atoms with Crippen LogP contribution in [0.25, 0.3) is 26.4 Å². The molecule has 5 rings (SSSR count). The first-order valence-electron chi connectivity index (χ1n) is 10.2. The smallest absolute Gasteiger partial charge is 0.286 e. The molecule has 0 unspecified atom stereocenters. The number of H-pyrrole nitrogens is 2. The molecule has 6 nitrogen and oxygen atoms in total. The van der Waals surface area contributed by atoms with Crippen molar-refractivity contribution in [3.8, 4) is 5.13 Å². The molecule has 0 aliphatic carbocycles. The van der Waals surface area contributed by atoms with Crippen molar-refractivity contribution in [2.24, 2.45) is 0 Å². The standard InChI is InChI=1S/C24H22N4O2S/c1-13(2)16-10-8-15(9-11-16)12-17-14(3)25-22-20(21(17)29)23(30)28(27-22)24-26-18-6-4-5-7-19(18)31-24/h4-11,13H,12H2,1-3H3,(H2,25,27,29). The number of hydrogen-bond donors (Lipinski definition) is 2. The number of benzene rings is 2. The van der Waals surface area contributed by atoms with Crippen LogP contribution in [0.4, 0.5) is 0 Å². The van der Waals surface area contributed by atoms with Crippen LogP contribution in [-0.2, 0) is 6.42 Å². The maximum absolute atomic E-state index is 13.3. The van der Waals surface area contributed by atoms with Gasteiger partial charge in [-0.15, -0.1) is 0 Å². The van der Waals surface area contributed by atoms with Gasteiger partial charge in [-0.1, -0.05) is 61.6 Å². The van der Waals surface area contributed by atoms with Crippen LogP contribution in [0.5, 0.6) is 0 Å². The van der Waals surface area contributed by atoms with Crippen LogP contribution >= 0.6 is 11.3 Å². The highest BCUT2D eigenvalue weighted by molar-refractivity contribution is 7.20. The first-order valence-corrected chi connectivity index (χ1v) is 11.1. The van der Waals surface area contributed by atoms with Gasteiger partial charge in [-0.05, 0) is 36.1 Å². The van der Waals surface area contributed by atoms with Crippen molar-refractivity contribution < 1.29 is 0 Å². The first-order chi connectivity index (χ1) is 14.9. The minimum atomic E-state index is -0.383. The summed E-state index contributed by atoms with van der Waals surface area (Å²) in [6.45, 7) is 6.17. The average Bonchev–Trinajstić information content (AvgIpc) is 3.32. The van der Waals surface area contributed by atoms with E-state index >= 15 is 0 Å². The van der Waals surface area contributed by atoms with Gasteiger partial charge in [0.25, 0.3) is 5.56 Å². The lowest BCUT2D eigenvalue weighted by atomic mass is 9.98. The van der Waals surface area contributed by atoms with Crippen molar-refractivity contribution in [2.45, 2.75) is 33.1 Å². The van der Waals surface area contributed by atoms with Crippen LogP contribution < -0.4 is 11.0 Å². The normalized spacial score (nSPS) is 11.7. The Morgan fingerprint density at radius 3 is 2.52 bits per heavy atom. The van der Waals surface area contributed by atoms with Gasteiger partial charge in [-0.2, -0.15) is 4.68 Å². The lowest BCUT2D eigenvalue weighted by molar-refractivity contribution is 0.850. The Morgan fingerprint density at radius 1 is 1.06 bits per heavy atom. The molecule has 0 saturated heterocycles. The number of aryl methyl sites for hydroxylation is 1. The highest BCUT2D eigenvalue weighted by Crippen LogP contribution is 2.24. The summed E-state index contributed by atoms with van der Waals surface area (Å²) in [7, 11) is 0. The molecule has 156 valence electrons. The van der Waals surface area contributed by atoms with Crippen molar-refractivity contribution in [1.82, 2.24) is 19.7 Å². The molecular formula is C24H22N4O2S. The number of hydrogen-bond acceptors (Lipinski definition) is 4. The molecule has 0 aliphatic rings. The molecule has 0 fully saturated rings. The molecular weight excluding hydrogens is 408 g/mol. The largest absolute Gasteiger partial charge is 0.343 e. The van der Waals surface area contributed by atoms with E-state index in [1.54, 1.807) is 0 Å². The molecule has 2 aromatic carbocycles. The number of fused-ring (bicyclic) bond motifs is 2. The van der Waals surface area contributed by atoms with Gasteiger partial charge in [0, 0.05) is 17.7 Å². The quantitative estimate of drug-likeness (QED) is 0.436. The molecule has 0 atom stereocenters. The summed E-state index contributed by atoms with van der Waals surface area (Å²) in [5, 5.41) is 3.68. The predicted octanol–water partition coefficient (Wildman–Crippen LogP) is 4.64. The second-order valence-electron chi connectivity index (χ2n) is 8.10. The van der Waals surface area contributed by atoms with Crippen molar-refractivity contribution in [2.75, 3.05) is 0 Å². The topological polar surface area (TPSA) is 83.5 Å². The van der Waals surface area contributed by atoms with Gasteiger partial charge in [0.1, 0.15) is 11.0 Å². The van der Waals surface area contributed by atoms with Gasteiger partial charge in [0.15, 0.2) is 5.43 Å². The second-order valence-corrected chi connectivity index (χ2v) is 9.11. The highest BCUT2D eigenvalue weighted by atomic mass is 32.1. The molecule has 0 bridgehead atoms. The number of nitrogens with zero attached hydrogens (tertiary/aromatic N) is 2. The number of pyridine rings is 1. The van der Waals surface area contributed by atoms with Gasteiger partial charge in [0.2, 0.25) is 5.13 Å². The van der Waals surface area contributed by atoms with Crippen molar-refractivity contribution in [3.05, 3.63) is 91.5 Å². The summed E-state index contributed by atoms with van der Waals surface area (Å²) in [6, 6.07) is 16.0. The van der Waals surface area contributed by atoms with Crippen molar-refractivity contribution in [3.63, 3.8) is 0 Å². The molecule has 0 amide bonds. The van der Waals surface area contributed by atoms with Crippen LogP contribution in [0.2, 0.25) is 0 Å². The van der Waals surface area contributed by atoms with Crippen LogP contribution in [0.1, 0.15) is 42.1 Å². The molecule has 3 heterocycles. The lowest BCUT2D eigenvalue weighted by Crippen LogP contribution is -2.21. The van der Waals surface area contributed by atoms with E-state index in [0.717, 1.165) is 21.5 Å². The van der Waals surface area contributed by atoms with E-state index in [0.29, 0.717) is 28.7 Å². The van der Waals surface area contributed by atoms with Gasteiger partial charge < -0.3 is 4.98 Å². The molecule has 2 N–H and O–H groups in total. The van der Waals surface area contributed by atoms with Crippen molar-refractivity contribution in [1.29, 1.82) is 0 Å². The van der Waals surface area contributed by atoms with Gasteiger partial charge in [-0.25, -0.2) is 4.98 Å². The van der Waals surface area contributed by atoms with Gasteiger partial charge in [0.05, 0.1) is 10.2 Å². The lowest BCUT2D eigenvalue weighted by Gasteiger charge is -2.08. The van der Waals surface area contributed by atoms with E-state index in [2.05, 4.69) is 53.2 Å². The zero-order valence-electron chi connectivity index (χ0n) is 17.5. The fourth-order valence-corrected chi connectivity index (χ4v) is 4.78. The zero-order valence-corrected chi connectivity index (χ0v) is 18.3. The number of aromatic nitrogens is 4. The van der Waals surface area contributed by atoms with Crippen LogP contribution in [0.3, 0.4) is 0 Å². The Morgan fingerprint density at radius 2 is 1.81 bits per heavy atom. The van der Waals surface area contributed by atoms with Crippen molar-refractivity contribution >= 4 is 32.6 Å². The monoisotopic (exact) mass is 430 g/mol. The van der Waals surface area contributed by atoms with E-state index in [1.165, 1.54) is 21.6 Å². The third-order valence-electron chi connectivity index (χ3n) is 5.66. The molecule has 3 aromatic heterocycles. The maximum Gasteiger partial charge on any atom is 0.286 e. The minimum Gasteiger partial charge on any atom is -0.343 e. The molecule has 0 aliphatic heterocycles. The van der Waals surface area contributed by atoms with E-state index in [9.17, 15) is 9.59 Å². The fraction of sp³-hybridized carbons (Fsp3) is 0.208. The Balaban J connectivity index is 1.61. The number of para-hydroxylation sites is 1. The van der Waals surface area contributed by atoms with Crippen LogP contribution in [0.15, 0.2) is 58.1 Å². The Kier molecular flexibility index (Phi) is 4.63. The summed E-state index contributed by atoms with van der Waals surface area (Å²) in [4.78, 5) is 34.2. The summed E-state index contributed by atoms with van der Waals surface area (Å²) < 4.78 is 2.34. The minimum absolute atomic E-state index is 0.138. The van der Waals surface area contributed by atoms with E-state index in [4.69, 9.17) is 0 Å². The molecule has 5 aromatic rings. The summed E-state index contributed by atoms with van der Waals surface area (Å²) >= 11 is 1.40. The van der Waals surface area contributed by atoms with E-state index in [1.807, 2.05) is 31.2 Å². The third kappa shape index (κ3) is 3.31. The summed E-state index contributed by atoms with van der Waals surface area (Å²) in [6.07, 6.45) is 0.473. The number of aromatic amines is 2. The Labute approximate surface area is 182 Å². The fourth-order valence-electron chi connectivity index (χ4n) is 3.85. The second kappa shape index (κ2) is 7.35. The molecule has 0 radical (unpaired) electrons. The van der Waals surface area contributed by atoms with Crippen LogP contribution in [-0.4, -0.2) is 19.7 Å². The molecule has 7 heteroatoms. The SMILES string of the molecule is Cc1[nH]c2[nH]n(-c3nc4ccccc4s3)c(=O)c2c(=O)c1Cc1ccc(C(C)C)cc1. The van der Waals surface area contributed by atoms with Gasteiger partial charge >= 0.3 is 0 Å². The summed E-state index contributed by atoms with van der Waals surface area (Å²) in [5.74, 6) is 0.455. The Hall–Kier alpha value is -3.45. The van der Waals surface area contributed by atoms with Crippen LogP contribution in [0, 0.1) is 6.92 Å². The highest BCUT2D eigenvalue weighted by Gasteiger charge is 2.19. The third-order valence-corrected chi connectivity index (χ3v) is 6.68. The van der Waals surface area contributed by atoms with E-state index in [-0.39, 0.29) is 16.4 Å². The molecule has 31 heavy (non-hydrogen) atoms. The summed E-state index contributed by atoms with van der Waals surface area (Å²) in [5.41, 5.74) is 4.29. The van der Waals surface area contributed by atoms with Gasteiger partial charge in [-0.3, -0.25) is 14.7 Å². The average molecular weight is 431 g/mol. The first kappa shape index (κ1) is 19.5. The number of rotatable bonds is 4. The maximum atomic E-state index is 13.3. The van der Waals surface area contributed by atoms with E-state index < -0.39 is 0 Å². The zero-order chi connectivity index (χ0) is 21.7. The number of nitrogens with one attached hydrogen (secondary N) is 2. The number of thiazole rings is 1. The molecule has 0 saturated carbocycles. The molecule has 0 spiro atoms.